The summed E-state index contributed by atoms with van der Waals surface area (Å²) in [4.78, 5) is 24.7. The molecule has 0 bridgehead atoms. The summed E-state index contributed by atoms with van der Waals surface area (Å²) in [7, 11) is 1.56. The Kier molecular flexibility index (Phi) is 5.52. The predicted octanol–water partition coefficient (Wildman–Crippen LogP) is 4.51. The highest BCUT2D eigenvalue weighted by Crippen LogP contribution is 2.26. The average molecular weight is 360 g/mol. The Bertz CT molecular complexity index is 951. The molecule has 0 aliphatic carbocycles. The summed E-state index contributed by atoms with van der Waals surface area (Å²) >= 11 is 0. The van der Waals surface area contributed by atoms with Crippen LogP contribution in [0.15, 0.2) is 72.8 Å². The van der Waals surface area contributed by atoms with Crippen LogP contribution in [0.3, 0.4) is 0 Å². The lowest BCUT2D eigenvalue weighted by Gasteiger charge is -2.11. The Morgan fingerprint density at radius 3 is 2.07 bits per heavy atom. The van der Waals surface area contributed by atoms with Gasteiger partial charge in [0.25, 0.3) is 11.8 Å². The molecule has 2 amide bonds. The van der Waals surface area contributed by atoms with E-state index >= 15 is 0 Å². The van der Waals surface area contributed by atoms with Crippen LogP contribution in [-0.4, -0.2) is 18.9 Å². The van der Waals surface area contributed by atoms with Gasteiger partial charge in [0.05, 0.1) is 12.8 Å². The molecule has 5 heteroatoms. The van der Waals surface area contributed by atoms with Crippen LogP contribution in [-0.2, 0) is 0 Å². The minimum absolute atomic E-state index is 0.197. The van der Waals surface area contributed by atoms with Gasteiger partial charge >= 0.3 is 0 Å². The Morgan fingerprint density at radius 2 is 1.41 bits per heavy atom. The summed E-state index contributed by atoms with van der Waals surface area (Å²) in [5.41, 5.74) is 3.31. The molecule has 0 fully saturated rings. The number of benzene rings is 3. The highest BCUT2D eigenvalue weighted by atomic mass is 16.5. The summed E-state index contributed by atoms with van der Waals surface area (Å²) in [5.74, 6) is 0.151. The third-order valence-electron chi connectivity index (χ3n) is 4.04. The topological polar surface area (TPSA) is 67.4 Å². The van der Waals surface area contributed by atoms with Crippen LogP contribution in [0.1, 0.15) is 26.3 Å². The summed E-state index contributed by atoms with van der Waals surface area (Å²) in [5, 5.41) is 5.66. The van der Waals surface area contributed by atoms with Crippen molar-refractivity contribution in [3.63, 3.8) is 0 Å². The number of aryl methyl sites for hydroxylation is 1. The molecule has 5 nitrogen and oxygen atoms in total. The number of ether oxygens (including phenoxy) is 1. The molecule has 0 unspecified atom stereocenters. The van der Waals surface area contributed by atoms with Gasteiger partial charge in [0, 0.05) is 16.8 Å². The highest BCUT2D eigenvalue weighted by Gasteiger charge is 2.11. The molecule has 0 saturated heterocycles. The maximum atomic E-state index is 12.5. The van der Waals surface area contributed by atoms with Crippen LogP contribution in [0.5, 0.6) is 5.75 Å². The average Bonchev–Trinajstić information content (AvgIpc) is 2.69. The molecule has 3 rings (SSSR count). The van der Waals surface area contributed by atoms with E-state index in [1.165, 1.54) is 0 Å². The van der Waals surface area contributed by atoms with Gasteiger partial charge in [-0.2, -0.15) is 0 Å². The molecule has 0 aliphatic heterocycles. The van der Waals surface area contributed by atoms with E-state index in [2.05, 4.69) is 10.6 Å². The van der Waals surface area contributed by atoms with E-state index in [1.807, 2.05) is 43.3 Å². The number of hydrogen-bond acceptors (Lipinski definition) is 3. The molecule has 2 N–H and O–H groups in total. The summed E-state index contributed by atoms with van der Waals surface area (Å²) in [6, 6.07) is 21.3. The van der Waals surface area contributed by atoms with Gasteiger partial charge in [0.15, 0.2) is 0 Å². The number of carbonyl (C=O) groups is 2. The number of rotatable bonds is 5. The van der Waals surface area contributed by atoms with E-state index in [0.717, 1.165) is 5.56 Å². The number of carbonyl (C=O) groups excluding carboxylic acids is 2. The van der Waals surface area contributed by atoms with Crippen molar-refractivity contribution >= 4 is 23.2 Å². The van der Waals surface area contributed by atoms with Gasteiger partial charge in [0.2, 0.25) is 0 Å². The lowest BCUT2D eigenvalue weighted by molar-refractivity contribution is 0.101. The Morgan fingerprint density at radius 1 is 0.778 bits per heavy atom. The van der Waals surface area contributed by atoms with Gasteiger partial charge < -0.3 is 15.4 Å². The van der Waals surface area contributed by atoms with Crippen molar-refractivity contribution in [2.24, 2.45) is 0 Å². The number of methoxy groups -OCH3 is 1. The quantitative estimate of drug-likeness (QED) is 0.703. The second kappa shape index (κ2) is 8.19. The molecule has 0 aromatic heterocycles. The zero-order valence-corrected chi connectivity index (χ0v) is 15.2. The smallest absolute Gasteiger partial charge is 0.255 e. The fourth-order valence-corrected chi connectivity index (χ4v) is 2.61. The van der Waals surface area contributed by atoms with Crippen molar-refractivity contribution in [3.05, 3.63) is 89.5 Å². The molecule has 0 spiro atoms. The van der Waals surface area contributed by atoms with Crippen molar-refractivity contribution in [1.82, 2.24) is 0 Å². The van der Waals surface area contributed by atoms with Crippen molar-refractivity contribution in [2.45, 2.75) is 6.92 Å². The maximum absolute atomic E-state index is 12.5. The monoisotopic (exact) mass is 360 g/mol. The number of nitrogens with one attached hydrogen (secondary N) is 2. The summed E-state index contributed by atoms with van der Waals surface area (Å²) in [6.07, 6.45) is 0. The number of anilines is 2. The predicted molar refractivity (Wildman–Crippen MR) is 107 cm³/mol. The van der Waals surface area contributed by atoms with Gasteiger partial charge in [-0.25, -0.2) is 0 Å². The lowest BCUT2D eigenvalue weighted by Crippen LogP contribution is -2.14. The van der Waals surface area contributed by atoms with Crippen LogP contribution in [0, 0.1) is 6.92 Å². The van der Waals surface area contributed by atoms with Gasteiger partial charge in [-0.05, 0) is 61.0 Å². The van der Waals surface area contributed by atoms with Crippen molar-refractivity contribution in [1.29, 1.82) is 0 Å². The normalized spacial score (nSPS) is 10.1. The second-order valence-corrected chi connectivity index (χ2v) is 6.06. The zero-order chi connectivity index (χ0) is 19.2. The zero-order valence-electron chi connectivity index (χ0n) is 15.2. The molecule has 27 heavy (non-hydrogen) atoms. The second-order valence-electron chi connectivity index (χ2n) is 6.06. The van der Waals surface area contributed by atoms with Gasteiger partial charge in [-0.3, -0.25) is 9.59 Å². The minimum atomic E-state index is -0.250. The third kappa shape index (κ3) is 4.52. The van der Waals surface area contributed by atoms with Crippen molar-refractivity contribution < 1.29 is 14.3 Å². The van der Waals surface area contributed by atoms with Gasteiger partial charge in [-0.1, -0.05) is 24.3 Å². The van der Waals surface area contributed by atoms with E-state index in [9.17, 15) is 9.59 Å². The molecular formula is C22H20N2O3. The van der Waals surface area contributed by atoms with Crippen LogP contribution < -0.4 is 15.4 Å². The molecule has 0 saturated carbocycles. The lowest BCUT2D eigenvalue weighted by atomic mass is 10.1. The minimum Gasteiger partial charge on any atom is -0.495 e. The fraction of sp³-hybridized carbons (Fsp3) is 0.0909. The maximum Gasteiger partial charge on any atom is 0.255 e. The van der Waals surface area contributed by atoms with E-state index in [1.54, 1.807) is 43.5 Å². The van der Waals surface area contributed by atoms with E-state index in [-0.39, 0.29) is 11.8 Å². The van der Waals surface area contributed by atoms with E-state index in [4.69, 9.17) is 4.74 Å². The number of hydrogen-bond donors (Lipinski definition) is 2. The standard InChI is InChI=1S/C22H20N2O3/c1-15-8-13-20(27-2)19(14-15)24-22(26)17-9-11-18(12-10-17)23-21(25)16-6-4-3-5-7-16/h3-14H,1-2H3,(H,23,25)(H,24,26). The van der Waals surface area contributed by atoms with Crippen LogP contribution in [0.2, 0.25) is 0 Å². The van der Waals surface area contributed by atoms with Gasteiger partial charge in [-0.15, -0.1) is 0 Å². The summed E-state index contributed by atoms with van der Waals surface area (Å²) < 4.78 is 5.28. The first kappa shape index (κ1) is 18.2. The third-order valence-corrected chi connectivity index (χ3v) is 4.04. The first-order valence-corrected chi connectivity index (χ1v) is 8.49. The van der Waals surface area contributed by atoms with E-state index < -0.39 is 0 Å². The van der Waals surface area contributed by atoms with Crippen LogP contribution in [0.25, 0.3) is 0 Å². The largest absolute Gasteiger partial charge is 0.495 e. The Hall–Kier alpha value is -3.60. The molecule has 0 heterocycles. The molecule has 136 valence electrons. The molecule has 0 atom stereocenters. The fourth-order valence-electron chi connectivity index (χ4n) is 2.61. The van der Waals surface area contributed by atoms with Crippen molar-refractivity contribution in [2.75, 3.05) is 17.7 Å². The van der Waals surface area contributed by atoms with Crippen LogP contribution in [0.4, 0.5) is 11.4 Å². The van der Waals surface area contributed by atoms with Crippen molar-refractivity contribution in [3.8, 4) is 5.75 Å². The molecular weight excluding hydrogens is 340 g/mol. The Balaban J connectivity index is 1.69. The molecule has 3 aromatic rings. The van der Waals surface area contributed by atoms with Crippen LogP contribution >= 0.6 is 0 Å². The number of amides is 2. The first-order chi connectivity index (χ1) is 13.1. The summed E-state index contributed by atoms with van der Waals surface area (Å²) in [6.45, 7) is 1.94. The van der Waals surface area contributed by atoms with E-state index in [0.29, 0.717) is 28.3 Å². The van der Waals surface area contributed by atoms with Gasteiger partial charge in [0.1, 0.15) is 5.75 Å². The molecule has 3 aromatic carbocycles. The SMILES string of the molecule is COc1ccc(C)cc1NC(=O)c1ccc(NC(=O)c2ccccc2)cc1. The molecule has 0 radical (unpaired) electrons. The Labute approximate surface area is 158 Å². The molecule has 0 aliphatic rings. The first-order valence-electron chi connectivity index (χ1n) is 8.49. The highest BCUT2D eigenvalue weighted by molar-refractivity contribution is 6.06.